The molecular formula is C17H25ClN4O3. The zero-order valence-corrected chi connectivity index (χ0v) is 14.9. The summed E-state index contributed by atoms with van der Waals surface area (Å²) in [6, 6.07) is 6.31. The lowest BCUT2D eigenvalue weighted by Gasteiger charge is -2.36. The molecular weight excluding hydrogens is 344 g/mol. The number of piperidine rings is 1. The summed E-state index contributed by atoms with van der Waals surface area (Å²) in [5.74, 6) is -0.711. The first-order chi connectivity index (χ1) is 11.5. The van der Waals surface area contributed by atoms with Gasteiger partial charge in [0.15, 0.2) is 0 Å². The Labute approximate surface area is 153 Å². The van der Waals surface area contributed by atoms with Gasteiger partial charge in [-0.2, -0.15) is 0 Å². The molecule has 8 heteroatoms. The van der Waals surface area contributed by atoms with Crippen LogP contribution in [-0.4, -0.2) is 48.3 Å². The summed E-state index contributed by atoms with van der Waals surface area (Å²) < 4.78 is 0. The molecule has 1 unspecified atom stereocenters. The van der Waals surface area contributed by atoms with Crippen molar-refractivity contribution in [1.29, 1.82) is 0 Å². The van der Waals surface area contributed by atoms with Gasteiger partial charge in [0, 0.05) is 43.2 Å². The van der Waals surface area contributed by atoms with Crippen molar-refractivity contribution >= 4 is 30.1 Å². The predicted molar refractivity (Wildman–Crippen MR) is 97.6 cm³/mol. The topological polar surface area (TPSA) is 119 Å². The summed E-state index contributed by atoms with van der Waals surface area (Å²) in [7, 11) is 0. The van der Waals surface area contributed by atoms with Gasteiger partial charge in [0.05, 0.1) is 0 Å². The third-order valence-corrected chi connectivity index (χ3v) is 4.21. The number of nitrogens with two attached hydrogens (primary N) is 2. The maximum Gasteiger partial charge on any atom is 0.254 e. The van der Waals surface area contributed by atoms with Crippen LogP contribution in [0.1, 0.15) is 46.4 Å². The van der Waals surface area contributed by atoms with Crippen LogP contribution in [0.25, 0.3) is 0 Å². The fraction of sp³-hybridized carbons (Fsp3) is 0.471. The number of benzene rings is 1. The summed E-state index contributed by atoms with van der Waals surface area (Å²) in [6.07, 6.45) is 3.11. The molecule has 0 spiro atoms. The van der Waals surface area contributed by atoms with E-state index in [-0.39, 0.29) is 36.7 Å². The average molecular weight is 369 g/mol. The number of primary amides is 1. The van der Waals surface area contributed by atoms with Crippen molar-refractivity contribution in [2.24, 2.45) is 11.5 Å². The molecule has 7 nitrogen and oxygen atoms in total. The van der Waals surface area contributed by atoms with Gasteiger partial charge in [-0.25, -0.2) is 0 Å². The highest BCUT2D eigenvalue weighted by atomic mass is 35.5. The minimum Gasteiger partial charge on any atom is -0.366 e. The van der Waals surface area contributed by atoms with Gasteiger partial charge in [-0.05, 0) is 43.5 Å². The zero-order valence-electron chi connectivity index (χ0n) is 14.1. The Morgan fingerprint density at radius 3 is 2.36 bits per heavy atom. The molecule has 5 N–H and O–H groups in total. The lowest BCUT2D eigenvalue weighted by Crippen LogP contribution is -2.49. The number of hydrogen-bond donors (Lipinski definition) is 3. The molecule has 1 atom stereocenters. The summed E-state index contributed by atoms with van der Waals surface area (Å²) in [5, 5.41) is 2.84. The standard InChI is InChI=1S/C17H24N4O3.ClH/c18-9-8-15(22)20-11-14-3-1-2-10-21(14)17(24)13-6-4-12(5-7-13)16(19)23;/h4-7,14H,1-3,8-11,18H2,(H2,19,23)(H,20,22);1H. The number of carbonyl (C=O) groups excluding carboxylic acids is 3. The molecule has 2 rings (SSSR count). The van der Waals surface area contributed by atoms with Crippen LogP contribution in [0.4, 0.5) is 0 Å². The molecule has 1 aliphatic heterocycles. The van der Waals surface area contributed by atoms with Crippen LogP contribution >= 0.6 is 12.4 Å². The highest BCUT2D eigenvalue weighted by molar-refractivity contribution is 5.97. The second kappa shape index (κ2) is 10.0. The van der Waals surface area contributed by atoms with Gasteiger partial charge in [0.25, 0.3) is 5.91 Å². The van der Waals surface area contributed by atoms with Gasteiger partial charge >= 0.3 is 0 Å². The van der Waals surface area contributed by atoms with Crippen LogP contribution < -0.4 is 16.8 Å². The Hall–Kier alpha value is -2.12. The molecule has 1 aromatic rings. The van der Waals surface area contributed by atoms with Crippen LogP contribution in [0.15, 0.2) is 24.3 Å². The molecule has 0 aromatic heterocycles. The van der Waals surface area contributed by atoms with Crippen LogP contribution in [0.2, 0.25) is 0 Å². The quantitative estimate of drug-likeness (QED) is 0.683. The summed E-state index contributed by atoms with van der Waals surface area (Å²) in [5.41, 5.74) is 11.5. The number of likely N-dealkylation sites (tertiary alicyclic amines) is 1. The van der Waals surface area contributed by atoms with E-state index in [1.807, 2.05) is 0 Å². The van der Waals surface area contributed by atoms with E-state index in [1.165, 1.54) is 0 Å². The van der Waals surface area contributed by atoms with Crippen molar-refractivity contribution in [3.05, 3.63) is 35.4 Å². The maximum absolute atomic E-state index is 12.7. The van der Waals surface area contributed by atoms with Crippen molar-refractivity contribution in [2.75, 3.05) is 19.6 Å². The zero-order chi connectivity index (χ0) is 17.5. The Morgan fingerprint density at radius 1 is 1.12 bits per heavy atom. The Bertz CT molecular complexity index is 606. The largest absolute Gasteiger partial charge is 0.366 e. The lowest BCUT2D eigenvalue weighted by molar-refractivity contribution is -0.121. The van der Waals surface area contributed by atoms with E-state index in [1.54, 1.807) is 29.2 Å². The lowest BCUT2D eigenvalue weighted by atomic mass is 10.00. The number of carbonyl (C=O) groups is 3. The van der Waals surface area contributed by atoms with Crippen molar-refractivity contribution < 1.29 is 14.4 Å². The molecule has 138 valence electrons. The number of nitrogens with one attached hydrogen (secondary N) is 1. The molecule has 0 bridgehead atoms. The number of nitrogens with zero attached hydrogens (tertiary/aromatic N) is 1. The second-order valence-electron chi connectivity index (χ2n) is 5.93. The molecule has 0 aliphatic carbocycles. The molecule has 1 saturated heterocycles. The van der Waals surface area contributed by atoms with E-state index in [4.69, 9.17) is 11.5 Å². The number of hydrogen-bond acceptors (Lipinski definition) is 4. The third kappa shape index (κ3) is 5.72. The predicted octanol–water partition coefficient (Wildman–Crippen LogP) is 0.667. The minimum atomic E-state index is -0.521. The molecule has 3 amide bonds. The van der Waals surface area contributed by atoms with Gasteiger partial charge in [0.1, 0.15) is 0 Å². The summed E-state index contributed by atoms with van der Waals surface area (Å²) >= 11 is 0. The molecule has 25 heavy (non-hydrogen) atoms. The van der Waals surface area contributed by atoms with Crippen molar-refractivity contribution in [3.8, 4) is 0 Å². The molecule has 1 aromatic carbocycles. The van der Waals surface area contributed by atoms with Gasteiger partial charge in [0.2, 0.25) is 11.8 Å². The highest BCUT2D eigenvalue weighted by Crippen LogP contribution is 2.19. The fourth-order valence-corrected chi connectivity index (χ4v) is 2.87. The average Bonchev–Trinajstić information content (AvgIpc) is 2.60. The first-order valence-electron chi connectivity index (χ1n) is 8.20. The van der Waals surface area contributed by atoms with E-state index in [2.05, 4.69) is 5.32 Å². The molecule has 0 saturated carbocycles. The fourth-order valence-electron chi connectivity index (χ4n) is 2.87. The number of amides is 3. The summed E-state index contributed by atoms with van der Waals surface area (Å²) in [4.78, 5) is 37.2. The van der Waals surface area contributed by atoms with Crippen LogP contribution in [0.5, 0.6) is 0 Å². The van der Waals surface area contributed by atoms with Crippen LogP contribution in [0, 0.1) is 0 Å². The maximum atomic E-state index is 12.7. The van der Waals surface area contributed by atoms with Crippen molar-refractivity contribution in [2.45, 2.75) is 31.7 Å². The normalized spacial score (nSPS) is 16.7. The first-order valence-corrected chi connectivity index (χ1v) is 8.20. The van der Waals surface area contributed by atoms with E-state index in [0.717, 1.165) is 19.3 Å². The monoisotopic (exact) mass is 368 g/mol. The Kier molecular flexibility index (Phi) is 8.37. The summed E-state index contributed by atoms with van der Waals surface area (Å²) in [6.45, 7) is 1.41. The smallest absolute Gasteiger partial charge is 0.254 e. The van der Waals surface area contributed by atoms with Gasteiger partial charge in [-0.3, -0.25) is 14.4 Å². The molecule has 1 fully saturated rings. The van der Waals surface area contributed by atoms with Crippen LogP contribution in [-0.2, 0) is 4.79 Å². The second-order valence-corrected chi connectivity index (χ2v) is 5.93. The first kappa shape index (κ1) is 20.9. The molecule has 0 radical (unpaired) electrons. The van der Waals surface area contributed by atoms with E-state index < -0.39 is 5.91 Å². The van der Waals surface area contributed by atoms with E-state index in [0.29, 0.717) is 30.8 Å². The Balaban J connectivity index is 0.00000312. The Morgan fingerprint density at radius 2 is 1.76 bits per heavy atom. The van der Waals surface area contributed by atoms with Gasteiger partial charge in [-0.15, -0.1) is 12.4 Å². The van der Waals surface area contributed by atoms with Crippen LogP contribution in [0.3, 0.4) is 0 Å². The van der Waals surface area contributed by atoms with E-state index >= 15 is 0 Å². The van der Waals surface area contributed by atoms with E-state index in [9.17, 15) is 14.4 Å². The molecule has 1 aliphatic rings. The number of rotatable bonds is 6. The van der Waals surface area contributed by atoms with Crippen molar-refractivity contribution in [3.63, 3.8) is 0 Å². The highest BCUT2D eigenvalue weighted by Gasteiger charge is 2.27. The SMILES string of the molecule is Cl.NCCC(=O)NCC1CCCCN1C(=O)c1ccc(C(N)=O)cc1. The van der Waals surface area contributed by atoms with Gasteiger partial charge < -0.3 is 21.7 Å². The molecule has 1 heterocycles. The third-order valence-electron chi connectivity index (χ3n) is 4.21. The van der Waals surface area contributed by atoms with Gasteiger partial charge in [-0.1, -0.05) is 0 Å². The minimum absolute atomic E-state index is 0. The van der Waals surface area contributed by atoms with Crippen molar-refractivity contribution in [1.82, 2.24) is 10.2 Å². The number of halogens is 1.